The average Bonchev–Trinajstić information content (AvgIpc) is 2.41. The van der Waals surface area contributed by atoms with Crippen molar-refractivity contribution < 1.29 is 14.7 Å². The Kier molecular flexibility index (Phi) is 3.52. The van der Waals surface area contributed by atoms with E-state index in [-0.39, 0.29) is 28.1 Å². The Hall–Kier alpha value is -3.09. The predicted octanol–water partition coefficient (Wildman–Crippen LogP) is 0.908. The lowest BCUT2D eigenvalue weighted by Gasteiger charge is -2.09. The van der Waals surface area contributed by atoms with E-state index in [1.54, 1.807) is 0 Å². The number of carbonyl (C=O) groups excluding carboxylic acids is 1. The van der Waals surface area contributed by atoms with Crippen molar-refractivity contribution in [3.8, 4) is 0 Å². The summed E-state index contributed by atoms with van der Waals surface area (Å²) in [6, 6.07) is 6.68. The molecule has 1 heterocycles. The van der Waals surface area contributed by atoms with E-state index in [1.807, 2.05) is 0 Å². The lowest BCUT2D eigenvalue weighted by molar-refractivity contribution is 0.0698. The highest BCUT2D eigenvalue weighted by molar-refractivity contribution is 6.07. The van der Waals surface area contributed by atoms with E-state index in [2.05, 4.69) is 10.3 Å². The van der Waals surface area contributed by atoms with E-state index in [9.17, 15) is 14.4 Å². The van der Waals surface area contributed by atoms with E-state index in [0.29, 0.717) is 0 Å². The third-order valence-corrected chi connectivity index (χ3v) is 2.57. The van der Waals surface area contributed by atoms with Gasteiger partial charge in [0.15, 0.2) is 0 Å². The van der Waals surface area contributed by atoms with Gasteiger partial charge in [0.2, 0.25) is 5.56 Å². The minimum atomic E-state index is -1.20. The Labute approximate surface area is 113 Å². The molecule has 0 fully saturated rings. The molecule has 2 rings (SSSR count). The second kappa shape index (κ2) is 5.27. The first-order chi connectivity index (χ1) is 9.47. The van der Waals surface area contributed by atoms with Gasteiger partial charge in [0.05, 0.1) is 16.8 Å². The monoisotopic (exact) mass is 273 g/mol. The summed E-state index contributed by atoms with van der Waals surface area (Å²) in [5.41, 5.74) is 5.68. The second-order valence-electron chi connectivity index (χ2n) is 4.01. The van der Waals surface area contributed by atoms with Gasteiger partial charge in [-0.05, 0) is 24.3 Å². The van der Waals surface area contributed by atoms with Crippen LogP contribution in [0.3, 0.4) is 0 Å². The largest absolute Gasteiger partial charge is 0.478 e. The molecule has 0 aliphatic rings. The zero-order valence-corrected chi connectivity index (χ0v) is 10.2. The van der Waals surface area contributed by atoms with Gasteiger partial charge in [0.1, 0.15) is 0 Å². The van der Waals surface area contributed by atoms with Gasteiger partial charge in [-0.3, -0.25) is 9.59 Å². The summed E-state index contributed by atoms with van der Waals surface area (Å²) in [5.74, 6) is -1.73. The smallest absolute Gasteiger partial charge is 0.337 e. The number of carbonyl (C=O) groups is 2. The molecule has 1 amide bonds. The molecule has 1 aromatic heterocycles. The molecule has 0 saturated heterocycles. The lowest BCUT2D eigenvalue weighted by atomic mass is 10.1. The number of anilines is 2. The molecule has 1 aromatic carbocycles. The molecule has 0 saturated carbocycles. The van der Waals surface area contributed by atoms with Gasteiger partial charge >= 0.3 is 5.97 Å². The summed E-state index contributed by atoms with van der Waals surface area (Å²) in [6.45, 7) is 0. The topological polar surface area (TPSA) is 125 Å². The lowest BCUT2D eigenvalue weighted by Crippen LogP contribution is -2.16. The number of amides is 1. The number of carboxylic acid groups (broad SMARTS) is 1. The fourth-order valence-electron chi connectivity index (χ4n) is 1.59. The number of nitrogens with one attached hydrogen (secondary N) is 2. The number of nitrogen functional groups attached to an aromatic ring is 1. The fourth-order valence-corrected chi connectivity index (χ4v) is 1.59. The van der Waals surface area contributed by atoms with Crippen LogP contribution in [0.4, 0.5) is 11.4 Å². The van der Waals surface area contributed by atoms with Crippen LogP contribution in [0.1, 0.15) is 20.7 Å². The number of benzene rings is 1. The first-order valence-corrected chi connectivity index (χ1v) is 5.60. The molecule has 0 unspecified atom stereocenters. The van der Waals surface area contributed by atoms with Crippen LogP contribution >= 0.6 is 0 Å². The quantitative estimate of drug-likeness (QED) is 0.618. The Morgan fingerprint density at radius 3 is 2.55 bits per heavy atom. The van der Waals surface area contributed by atoms with Crippen molar-refractivity contribution in [3.63, 3.8) is 0 Å². The Morgan fingerprint density at radius 2 is 1.95 bits per heavy atom. The van der Waals surface area contributed by atoms with Crippen molar-refractivity contribution >= 4 is 23.3 Å². The van der Waals surface area contributed by atoms with Crippen LogP contribution in [0.15, 0.2) is 41.3 Å². The molecular formula is C13H11N3O4. The first kappa shape index (κ1) is 13.3. The molecule has 0 radical (unpaired) electrons. The number of H-pyrrole nitrogens is 1. The number of aromatic carboxylic acids is 1. The Bertz CT molecular complexity index is 716. The molecule has 7 nitrogen and oxygen atoms in total. The van der Waals surface area contributed by atoms with Gasteiger partial charge in [-0.15, -0.1) is 0 Å². The molecule has 0 aliphatic carbocycles. The van der Waals surface area contributed by atoms with Gasteiger partial charge in [-0.25, -0.2) is 4.79 Å². The third-order valence-electron chi connectivity index (χ3n) is 2.57. The molecular weight excluding hydrogens is 262 g/mol. The number of hydrogen-bond donors (Lipinski definition) is 4. The van der Waals surface area contributed by atoms with Crippen molar-refractivity contribution in [3.05, 3.63) is 58.0 Å². The standard InChI is InChI=1S/C13H11N3O4/c14-8-2-3-10(9(5-8)13(19)20)16-12(18)7-1-4-11(17)15-6-7/h1-6H,14H2,(H,15,17)(H,16,18)(H,19,20). The van der Waals surface area contributed by atoms with Crippen molar-refractivity contribution in [1.82, 2.24) is 4.98 Å². The van der Waals surface area contributed by atoms with Crippen LogP contribution in [0.25, 0.3) is 0 Å². The van der Waals surface area contributed by atoms with E-state index in [1.165, 1.54) is 36.5 Å². The van der Waals surface area contributed by atoms with Crippen molar-refractivity contribution in [2.75, 3.05) is 11.1 Å². The van der Waals surface area contributed by atoms with Crippen LogP contribution in [0.5, 0.6) is 0 Å². The average molecular weight is 273 g/mol. The highest BCUT2D eigenvalue weighted by Crippen LogP contribution is 2.19. The van der Waals surface area contributed by atoms with E-state index in [4.69, 9.17) is 10.8 Å². The number of pyridine rings is 1. The fraction of sp³-hybridized carbons (Fsp3) is 0. The number of nitrogens with two attached hydrogens (primary N) is 1. The molecule has 20 heavy (non-hydrogen) atoms. The number of carboxylic acids is 1. The van der Waals surface area contributed by atoms with Gasteiger partial charge in [-0.1, -0.05) is 0 Å². The maximum absolute atomic E-state index is 11.9. The Morgan fingerprint density at radius 1 is 1.20 bits per heavy atom. The third kappa shape index (κ3) is 2.83. The number of aromatic amines is 1. The summed E-state index contributed by atoms with van der Waals surface area (Å²) in [5, 5.41) is 11.5. The highest BCUT2D eigenvalue weighted by Gasteiger charge is 2.14. The SMILES string of the molecule is Nc1ccc(NC(=O)c2ccc(=O)[nH]c2)c(C(=O)O)c1. The highest BCUT2D eigenvalue weighted by atomic mass is 16.4. The molecule has 5 N–H and O–H groups in total. The molecule has 0 aliphatic heterocycles. The minimum absolute atomic E-state index is 0.109. The van der Waals surface area contributed by atoms with Crippen LogP contribution in [-0.4, -0.2) is 22.0 Å². The van der Waals surface area contributed by atoms with Gasteiger partial charge in [0, 0.05) is 18.0 Å². The van der Waals surface area contributed by atoms with E-state index >= 15 is 0 Å². The summed E-state index contributed by atoms with van der Waals surface area (Å²) < 4.78 is 0. The van der Waals surface area contributed by atoms with Crippen LogP contribution < -0.4 is 16.6 Å². The minimum Gasteiger partial charge on any atom is -0.478 e. The number of hydrogen-bond acceptors (Lipinski definition) is 4. The van der Waals surface area contributed by atoms with Gasteiger partial charge in [-0.2, -0.15) is 0 Å². The zero-order valence-electron chi connectivity index (χ0n) is 10.2. The number of rotatable bonds is 3. The van der Waals surface area contributed by atoms with Gasteiger partial charge < -0.3 is 21.1 Å². The van der Waals surface area contributed by atoms with Crippen LogP contribution in [0.2, 0.25) is 0 Å². The maximum atomic E-state index is 11.9. The van der Waals surface area contributed by atoms with Crippen molar-refractivity contribution in [1.29, 1.82) is 0 Å². The molecule has 2 aromatic rings. The number of aromatic nitrogens is 1. The summed E-state index contributed by atoms with van der Waals surface area (Å²) in [7, 11) is 0. The van der Waals surface area contributed by atoms with Crippen molar-refractivity contribution in [2.24, 2.45) is 0 Å². The summed E-state index contributed by atoms with van der Waals surface area (Å²) in [6.07, 6.45) is 1.25. The van der Waals surface area contributed by atoms with Crippen molar-refractivity contribution in [2.45, 2.75) is 0 Å². The zero-order chi connectivity index (χ0) is 14.7. The molecule has 7 heteroatoms. The van der Waals surface area contributed by atoms with Crippen LogP contribution in [-0.2, 0) is 0 Å². The molecule has 0 spiro atoms. The van der Waals surface area contributed by atoms with Crippen LogP contribution in [0, 0.1) is 0 Å². The maximum Gasteiger partial charge on any atom is 0.337 e. The normalized spacial score (nSPS) is 10.0. The second-order valence-corrected chi connectivity index (χ2v) is 4.01. The van der Waals surface area contributed by atoms with E-state index < -0.39 is 11.9 Å². The first-order valence-electron chi connectivity index (χ1n) is 5.60. The molecule has 102 valence electrons. The Balaban J connectivity index is 2.30. The summed E-state index contributed by atoms with van der Waals surface area (Å²) >= 11 is 0. The van der Waals surface area contributed by atoms with Gasteiger partial charge in [0.25, 0.3) is 5.91 Å². The predicted molar refractivity (Wildman–Crippen MR) is 72.8 cm³/mol. The molecule has 0 atom stereocenters. The molecule has 0 bridgehead atoms. The summed E-state index contributed by atoms with van der Waals surface area (Å²) in [4.78, 5) is 36.3. The van der Waals surface area contributed by atoms with E-state index in [0.717, 1.165) is 0 Å².